The predicted molar refractivity (Wildman–Crippen MR) is 78.4 cm³/mol. The van der Waals surface area contributed by atoms with Gasteiger partial charge in [0, 0.05) is 19.1 Å². The maximum absolute atomic E-state index is 6.29. The number of ether oxygens (including phenoxy) is 2. The van der Waals surface area contributed by atoms with Crippen LogP contribution in [0.5, 0.6) is 0 Å². The molecule has 0 aromatic carbocycles. The summed E-state index contributed by atoms with van der Waals surface area (Å²) in [4.78, 5) is 0. The molecule has 3 heteroatoms. The van der Waals surface area contributed by atoms with Gasteiger partial charge in [-0.25, -0.2) is 0 Å². The lowest BCUT2D eigenvalue weighted by Crippen LogP contribution is -2.57. The Morgan fingerprint density at radius 3 is 2.11 bits per heavy atom. The summed E-state index contributed by atoms with van der Waals surface area (Å²) in [7, 11) is 3.95. The van der Waals surface area contributed by atoms with E-state index in [1.807, 2.05) is 7.11 Å². The van der Waals surface area contributed by atoms with Gasteiger partial charge in [0.2, 0.25) is 0 Å². The number of hydrogen-bond acceptors (Lipinski definition) is 3. The van der Waals surface area contributed by atoms with E-state index >= 15 is 0 Å². The van der Waals surface area contributed by atoms with Crippen LogP contribution in [-0.2, 0) is 9.47 Å². The zero-order valence-electron chi connectivity index (χ0n) is 13.5. The second-order valence-electron chi connectivity index (χ2n) is 7.52. The standard InChI is InChI=1S/C16H31NO2/c1-14(2)11-12(15(3,4)19-14)13(17-5)16(18-6)9-7-8-10-16/h12-13,17H,7-11H2,1-6H3. The summed E-state index contributed by atoms with van der Waals surface area (Å²) in [5.74, 6) is 0.491. The molecule has 2 atom stereocenters. The molecule has 1 heterocycles. The van der Waals surface area contributed by atoms with Gasteiger partial charge < -0.3 is 14.8 Å². The maximum Gasteiger partial charge on any atom is 0.0834 e. The minimum Gasteiger partial charge on any atom is -0.377 e. The molecule has 1 N–H and O–H groups in total. The normalized spacial score (nSPS) is 33.5. The average Bonchev–Trinajstić information content (AvgIpc) is 2.84. The van der Waals surface area contributed by atoms with E-state index in [2.05, 4.69) is 40.1 Å². The number of hydrogen-bond donors (Lipinski definition) is 1. The van der Waals surface area contributed by atoms with Crippen molar-refractivity contribution in [1.29, 1.82) is 0 Å². The molecular formula is C16H31NO2. The van der Waals surface area contributed by atoms with E-state index in [0.717, 1.165) is 6.42 Å². The van der Waals surface area contributed by atoms with Gasteiger partial charge in [0.1, 0.15) is 0 Å². The van der Waals surface area contributed by atoms with Crippen LogP contribution in [-0.4, -0.2) is 37.0 Å². The van der Waals surface area contributed by atoms with Crippen LogP contribution in [0.1, 0.15) is 59.8 Å². The molecule has 0 radical (unpaired) electrons. The third-order valence-corrected chi connectivity index (χ3v) is 5.28. The highest BCUT2D eigenvalue weighted by molar-refractivity contribution is 5.07. The zero-order valence-corrected chi connectivity index (χ0v) is 13.5. The molecule has 0 aromatic rings. The minimum absolute atomic E-state index is 0.000463. The SMILES string of the molecule is CNC(C1CC(C)(C)OC1(C)C)C1(OC)CCCC1. The summed E-state index contributed by atoms with van der Waals surface area (Å²) in [5, 5.41) is 3.57. The monoisotopic (exact) mass is 269 g/mol. The molecular weight excluding hydrogens is 238 g/mol. The fraction of sp³-hybridized carbons (Fsp3) is 1.00. The van der Waals surface area contributed by atoms with Gasteiger partial charge >= 0.3 is 0 Å². The highest BCUT2D eigenvalue weighted by Crippen LogP contribution is 2.49. The van der Waals surface area contributed by atoms with Crippen LogP contribution in [0.15, 0.2) is 0 Å². The van der Waals surface area contributed by atoms with Gasteiger partial charge in [-0.2, -0.15) is 0 Å². The Balaban J connectivity index is 2.27. The summed E-state index contributed by atoms with van der Waals surface area (Å²) < 4.78 is 12.3. The van der Waals surface area contributed by atoms with Gasteiger partial charge in [0.15, 0.2) is 0 Å². The van der Waals surface area contributed by atoms with Crippen molar-refractivity contribution >= 4 is 0 Å². The van der Waals surface area contributed by atoms with E-state index in [9.17, 15) is 0 Å². The Labute approximate surface area is 118 Å². The molecule has 19 heavy (non-hydrogen) atoms. The molecule has 0 spiro atoms. The number of methoxy groups -OCH3 is 1. The van der Waals surface area contributed by atoms with Gasteiger partial charge in [-0.05, 0) is 54.0 Å². The molecule has 2 unspecified atom stereocenters. The van der Waals surface area contributed by atoms with Crippen molar-refractivity contribution in [3.05, 3.63) is 0 Å². The summed E-state index contributed by atoms with van der Waals surface area (Å²) in [6, 6.07) is 0.372. The van der Waals surface area contributed by atoms with Gasteiger partial charge in [0.25, 0.3) is 0 Å². The third-order valence-electron chi connectivity index (χ3n) is 5.28. The molecule has 1 aliphatic heterocycles. The second-order valence-corrected chi connectivity index (χ2v) is 7.52. The smallest absolute Gasteiger partial charge is 0.0834 e. The minimum atomic E-state index is -0.0920. The van der Waals surface area contributed by atoms with E-state index in [0.29, 0.717) is 12.0 Å². The van der Waals surface area contributed by atoms with Gasteiger partial charge in [0.05, 0.1) is 16.8 Å². The fourth-order valence-corrected chi connectivity index (χ4v) is 4.57. The molecule has 2 rings (SSSR count). The highest BCUT2D eigenvalue weighted by Gasteiger charge is 2.55. The summed E-state index contributed by atoms with van der Waals surface area (Å²) in [6.07, 6.45) is 5.99. The van der Waals surface area contributed by atoms with Gasteiger partial charge in [-0.15, -0.1) is 0 Å². The van der Waals surface area contributed by atoms with Crippen molar-refractivity contribution in [3.8, 4) is 0 Å². The Bertz CT molecular complexity index is 319. The second kappa shape index (κ2) is 5.01. The van der Waals surface area contributed by atoms with Crippen molar-refractivity contribution in [1.82, 2.24) is 5.32 Å². The highest BCUT2D eigenvalue weighted by atomic mass is 16.5. The average molecular weight is 269 g/mol. The maximum atomic E-state index is 6.29. The molecule has 112 valence electrons. The first kappa shape index (κ1) is 15.3. The first-order valence-corrected chi connectivity index (χ1v) is 7.69. The summed E-state index contributed by atoms with van der Waals surface area (Å²) in [6.45, 7) is 8.87. The lowest BCUT2D eigenvalue weighted by atomic mass is 9.73. The largest absolute Gasteiger partial charge is 0.377 e. The molecule has 3 nitrogen and oxygen atoms in total. The molecule has 2 fully saturated rings. The first-order valence-electron chi connectivity index (χ1n) is 7.69. The topological polar surface area (TPSA) is 30.5 Å². The van der Waals surface area contributed by atoms with E-state index in [1.165, 1.54) is 25.7 Å². The van der Waals surface area contributed by atoms with Crippen LogP contribution in [0.3, 0.4) is 0 Å². The van der Waals surface area contributed by atoms with Crippen molar-refractivity contribution in [2.24, 2.45) is 5.92 Å². The van der Waals surface area contributed by atoms with E-state index < -0.39 is 0 Å². The van der Waals surface area contributed by atoms with Crippen LogP contribution in [0.4, 0.5) is 0 Å². The molecule has 1 saturated heterocycles. The number of nitrogens with one attached hydrogen (secondary N) is 1. The lowest BCUT2D eigenvalue weighted by molar-refractivity contribution is -0.101. The Kier molecular flexibility index (Phi) is 4.03. The molecule has 1 aliphatic carbocycles. The van der Waals surface area contributed by atoms with Crippen molar-refractivity contribution < 1.29 is 9.47 Å². The van der Waals surface area contributed by atoms with E-state index in [4.69, 9.17) is 9.47 Å². The predicted octanol–water partition coefficient (Wildman–Crippen LogP) is 3.13. The molecule has 0 aromatic heterocycles. The van der Waals surface area contributed by atoms with Crippen molar-refractivity contribution in [2.75, 3.05) is 14.2 Å². The van der Waals surface area contributed by atoms with Crippen LogP contribution >= 0.6 is 0 Å². The summed E-state index contributed by atoms with van der Waals surface area (Å²) in [5.41, 5.74) is -0.122. The van der Waals surface area contributed by atoms with Crippen molar-refractivity contribution in [2.45, 2.75) is 82.6 Å². The fourth-order valence-electron chi connectivity index (χ4n) is 4.57. The van der Waals surface area contributed by atoms with Gasteiger partial charge in [-0.1, -0.05) is 12.8 Å². The molecule has 0 bridgehead atoms. The molecule has 0 amide bonds. The van der Waals surface area contributed by atoms with E-state index in [1.54, 1.807) is 0 Å². The number of likely N-dealkylation sites (N-methyl/N-ethyl adjacent to an activating group) is 1. The third kappa shape index (κ3) is 2.70. The lowest BCUT2D eigenvalue weighted by Gasteiger charge is -2.43. The van der Waals surface area contributed by atoms with Crippen LogP contribution < -0.4 is 5.32 Å². The Hall–Kier alpha value is -0.120. The molecule has 1 saturated carbocycles. The van der Waals surface area contributed by atoms with Crippen LogP contribution in [0, 0.1) is 5.92 Å². The number of rotatable bonds is 4. The van der Waals surface area contributed by atoms with Gasteiger partial charge in [-0.3, -0.25) is 0 Å². The zero-order chi connectivity index (χ0) is 14.3. The van der Waals surface area contributed by atoms with Crippen LogP contribution in [0.25, 0.3) is 0 Å². The van der Waals surface area contributed by atoms with Crippen LogP contribution in [0.2, 0.25) is 0 Å². The quantitative estimate of drug-likeness (QED) is 0.850. The molecule has 2 aliphatic rings. The van der Waals surface area contributed by atoms with E-state index in [-0.39, 0.29) is 16.8 Å². The Morgan fingerprint density at radius 2 is 1.74 bits per heavy atom. The summed E-state index contributed by atoms with van der Waals surface area (Å²) >= 11 is 0. The Morgan fingerprint density at radius 1 is 1.16 bits per heavy atom. The first-order chi connectivity index (χ1) is 8.76. The van der Waals surface area contributed by atoms with Crippen molar-refractivity contribution in [3.63, 3.8) is 0 Å².